The largest absolute Gasteiger partial charge is 0.477 e. The van der Waals surface area contributed by atoms with Crippen LogP contribution < -0.4 is 15.4 Å². The molecule has 0 unspecified atom stereocenters. The maximum Gasteiger partial charge on any atom is 0.315 e. The first-order valence-electron chi connectivity index (χ1n) is 7.40. The van der Waals surface area contributed by atoms with Crippen molar-refractivity contribution >= 4 is 6.03 Å². The van der Waals surface area contributed by atoms with Crippen LogP contribution in [0.5, 0.6) is 5.88 Å². The topological polar surface area (TPSA) is 76.4 Å². The minimum absolute atomic E-state index is 0.264. The number of nitrogens with zero attached hydrogens (tertiary/aromatic N) is 1. The van der Waals surface area contributed by atoms with Crippen LogP contribution in [-0.4, -0.2) is 17.6 Å². The fourth-order valence-electron chi connectivity index (χ4n) is 1.82. The molecule has 2 aromatic heterocycles. The summed E-state index contributed by atoms with van der Waals surface area (Å²) in [7, 11) is 0. The summed E-state index contributed by atoms with van der Waals surface area (Å²) in [5.41, 5.74) is 0.853. The van der Waals surface area contributed by atoms with Gasteiger partial charge >= 0.3 is 6.03 Å². The Morgan fingerprint density at radius 2 is 2.14 bits per heavy atom. The Balaban J connectivity index is 1.79. The maximum atomic E-state index is 11.8. The number of pyridine rings is 1. The molecule has 22 heavy (non-hydrogen) atoms. The minimum atomic E-state index is -0.264. The molecule has 0 radical (unpaired) electrons. The van der Waals surface area contributed by atoms with Gasteiger partial charge in [0.05, 0.1) is 19.4 Å². The van der Waals surface area contributed by atoms with Gasteiger partial charge in [-0.05, 0) is 24.6 Å². The van der Waals surface area contributed by atoms with Gasteiger partial charge in [-0.1, -0.05) is 19.4 Å². The molecule has 2 rings (SSSR count). The monoisotopic (exact) mass is 303 g/mol. The molecule has 0 aliphatic heterocycles. The highest BCUT2D eigenvalue weighted by Crippen LogP contribution is 2.14. The number of amides is 2. The summed E-state index contributed by atoms with van der Waals surface area (Å²) in [6.45, 7) is 3.45. The van der Waals surface area contributed by atoms with Crippen molar-refractivity contribution in [3.63, 3.8) is 0 Å². The SMILES string of the molecule is CCCCOc1ncccc1CNC(=O)NCc1ccco1. The Morgan fingerprint density at radius 1 is 1.27 bits per heavy atom. The van der Waals surface area contributed by atoms with Crippen LogP contribution >= 0.6 is 0 Å². The lowest BCUT2D eigenvalue weighted by molar-refractivity contribution is 0.238. The molecule has 2 aromatic rings. The van der Waals surface area contributed by atoms with Crippen LogP contribution in [0.1, 0.15) is 31.1 Å². The molecular weight excluding hydrogens is 282 g/mol. The summed E-state index contributed by atoms with van der Waals surface area (Å²) < 4.78 is 10.8. The van der Waals surface area contributed by atoms with Gasteiger partial charge in [0, 0.05) is 18.3 Å². The number of hydrogen-bond acceptors (Lipinski definition) is 4. The second kappa shape index (κ2) is 8.71. The first-order valence-corrected chi connectivity index (χ1v) is 7.40. The third kappa shape index (κ3) is 5.12. The third-order valence-corrected chi connectivity index (χ3v) is 3.03. The number of carbonyl (C=O) groups is 1. The Morgan fingerprint density at radius 3 is 2.91 bits per heavy atom. The summed E-state index contributed by atoms with van der Waals surface area (Å²) in [4.78, 5) is 16.0. The number of unbranched alkanes of at least 4 members (excludes halogenated alkanes) is 1. The fraction of sp³-hybridized carbons (Fsp3) is 0.375. The fourth-order valence-corrected chi connectivity index (χ4v) is 1.82. The number of ether oxygens (including phenoxy) is 1. The van der Waals surface area contributed by atoms with E-state index in [1.54, 1.807) is 24.6 Å². The van der Waals surface area contributed by atoms with E-state index in [1.165, 1.54) is 0 Å². The molecule has 0 atom stereocenters. The zero-order chi connectivity index (χ0) is 15.6. The quantitative estimate of drug-likeness (QED) is 0.735. The predicted molar refractivity (Wildman–Crippen MR) is 82.4 cm³/mol. The standard InChI is InChI=1S/C16H21N3O3/c1-2-3-9-22-15-13(6-4-8-17-15)11-18-16(20)19-12-14-7-5-10-21-14/h4-8,10H,2-3,9,11-12H2,1H3,(H2,18,19,20). The second-order valence-electron chi connectivity index (χ2n) is 4.79. The van der Waals surface area contributed by atoms with E-state index < -0.39 is 0 Å². The van der Waals surface area contributed by atoms with Crippen LogP contribution in [0.3, 0.4) is 0 Å². The first-order chi connectivity index (χ1) is 10.8. The summed E-state index contributed by atoms with van der Waals surface area (Å²) in [6.07, 6.45) is 5.30. The van der Waals surface area contributed by atoms with Crippen molar-refractivity contribution in [2.45, 2.75) is 32.9 Å². The summed E-state index contributed by atoms with van der Waals surface area (Å²) in [5, 5.41) is 5.50. The third-order valence-electron chi connectivity index (χ3n) is 3.03. The molecular formula is C16H21N3O3. The van der Waals surface area contributed by atoms with E-state index in [0.29, 0.717) is 31.3 Å². The van der Waals surface area contributed by atoms with Gasteiger partial charge in [0.1, 0.15) is 5.76 Å². The molecule has 6 nitrogen and oxygen atoms in total. The Hall–Kier alpha value is -2.50. The maximum absolute atomic E-state index is 11.8. The van der Waals surface area contributed by atoms with Gasteiger partial charge in [-0.3, -0.25) is 0 Å². The Kier molecular flexibility index (Phi) is 6.29. The molecule has 0 spiro atoms. The molecule has 0 fully saturated rings. The van der Waals surface area contributed by atoms with Crippen LogP contribution in [0.15, 0.2) is 41.1 Å². The zero-order valence-corrected chi connectivity index (χ0v) is 12.7. The summed E-state index contributed by atoms with van der Waals surface area (Å²) >= 11 is 0. The van der Waals surface area contributed by atoms with Crippen molar-refractivity contribution in [1.82, 2.24) is 15.6 Å². The number of furan rings is 1. The van der Waals surface area contributed by atoms with Gasteiger partial charge in [0.15, 0.2) is 0 Å². The van der Waals surface area contributed by atoms with Gasteiger partial charge in [-0.2, -0.15) is 0 Å². The lowest BCUT2D eigenvalue weighted by Gasteiger charge is -2.11. The van der Waals surface area contributed by atoms with Crippen LogP contribution in [0.4, 0.5) is 4.79 Å². The van der Waals surface area contributed by atoms with Gasteiger partial charge in [-0.25, -0.2) is 9.78 Å². The number of hydrogen-bond donors (Lipinski definition) is 2. The Bertz CT molecular complexity index is 570. The minimum Gasteiger partial charge on any atom is -0.477 e. The second-order valence-corrected chi connectivity index (χ2v) is 4.79. The van der Waals surface area contributed by atoms with Crippen molar-refractivity contribution in [2.24, 2.45) is 0 Å². The number of urea groups is 1. The highest BCUT2D eigenvalue weighted by molar-refractivity contribution is 5.73. The molecule has 0 aliphatic carbocycles. The molecule has 0 bridgehead atoms. The lowest BCUT2D eigenvalue weighted by atomic mass is 10.2. The Labute approximate surface area is 129 Å². The molecule has 2 N–H and O–H groups in total. The van der Waals surface area contributed by atoms with E-state index in [1.807, 2.05) is 12.1 Å². The molecule has 0 saturated heterocycles. The van der Waals surface area contributed by atoms with Crippen molar-refractivity contribution < 1.29 is 13.9 Å². The van der Waals surface area contributed by atoms with Crippen molar-refractivity contribution in [2.75, 3.05) is 6.61 Å². The number of rotatable bonds is 8. The number of aromatic nitrogens is 1. The predicted octanol–water partition coefficient (Wildman–Crippen LogP) is 2.85. The smallest absolute Gasteiger partial charge is 0.315 e. The summed E-state index contributed by atoms with van der Waals surface area (Å²) in [6, 6.07) is 7.04. The molecule has 0 aliphatic rings. The zero-order valence-electron chi connectivity index (χ0n) is 12.7. The van der Waals surface area contributed by atoms with E-state index in [-0.39, 0.29) is 6.03 Å². The summed E-state index contributed by atoms with van der Waals surface area (Å²) in [5.74, 6) is 1.28. The highest BCUT2D eigenvalue weighted by atomic mass is 16.5. The molecule has 118 valence electrons. The van der Waals surface area contributed by atoms with Gasteiger partial charge in [0.2, 0.25) is 5.88 Å². The van der Waals surface area contributed by atoms with E-state index in [4.69, 9.17) is 9.15 Å². The number of carbonyl (C=O) groups excluding carboxylic acids is 1. The van der Waals surface area contributed by atoms with Crippen molar-refractivity contribution in [3.8, 4) is 5.88 Å². The van der Waals surface area contributed by atoms with Crippen LogP contribution in [0, 0.1) is 0 Å². The van der Waals surface area contributed by atoms with Gasteiger partial charge in [0.25, 0.3) is 0 Å². The van der Waals surface area contributed by atoms with Gasteiger partial charge in [-0.15, -0.1) is 0 Å². The van der Waals surface area contributed by atoms with E-state index >= 15 is 0 Å². The highest BCUT2D eigenvalue weighted by Gasteiger charge is 2.07. The molecule has 0 saturated carbocycles. The van der Waals surface area contributed by atoms with Crippen LogP contribution in [0.2, 0.25) is 0 Å². The average Bonchev–Trinajstić information content (AvgIpc) is 3.05. The van der Waals surface area contributed by atoms with E-state index in [2.05, 4.69) is 22.5 Å². The van der Waals surface area contributed by atoms with Crippen molar-refractivity contribution in [1.29, 1.82) is 0 Å². The molecule has 2 heterocycles. The average molecular weight is 303 g/mol. The lowest BCUT2D eigenvalue weighted by Crippen LogP contribution is -2.34. The van der Waals surface area contributed by atoms with Crippen LogP contribution in [0.25, 0.3) is 0 Å². The van der Waals surface area contributed by atoms with Crippen molar-refractivity contribution in [3.05, 3.63) is 48.0 Å². The number of nitrogens with one attached hydrogen (secondary N) is 2. The van der Waals surface area contributed by atoms with Crippen LogP contribution in [-0.2, 0) is 13.1 Å². The van der Waals surface area contributed by atoms with Gasteiger partial charge < -0.3 is 19.8 Å². The molecule has 2 amide bonds. The molecule has 6 heteroatoms. The van der Waals surface area contributed by atoms with E-state index in [0.717, 1.165) is 18.4 Å². The van der Waals surface area contributed by atoms with E-state index in [9.17, 15) is 4.79 Å². The molecule has 0 aromatic carbocycles. The normalized spacial score (nSPS) is 10.2. The first kappa shape index (κ1) is 15.9.